The van der Waals surface area contributed by atoms with Crippen molar-refractivity contribution in [1.29, 1.82) is 0 Å². The van der Waals surface area contributed by atoms with Gasteiger partial charge in [0.15, 0.2) is 5.78 Å². The number of para-hydroxylation sites is 1. The Morgan fingerprint density at radius 3 is 2.49 bits per heavy atom. The van der Waals surface area contributed by atoms with Gasteiger partial charge in [0.05, 0.1) is 17.5 Å². The Balaban J connectivity index is 1.55. The van der Waals surface area contributed by atoms with Gasteiger partial charge < -0.3 is 25.2 Å². The number of aliphatic carboxylic acids is 1. The summed E-state index contributed by atoms with van der Waals surface area (Å²) in [7, 11) is 0. The van der Waals surface area contributed by atoms with Gasteiger partial charge in [0.25, 0.3) is 0 Å². The molecule has 4 rings (SSSR count). The minimum Gasteiger partial charge on any atom is -0.490 e. The smallest absolute Gasteiger partial charge is 0.408 e. The predicted molar refractivity (Wildman–Crippen MR) is 143 cm³/mol. The van der Waals surface area contributed by atoms with E-state index in [1.165, 1.54) is 6.08 Å². The number of carboxylic acids is 1. The van der Waals surface area contributed by atoms with E-state index in [4.69, 9.17) is 9.47 Å². The van der Waals surface area contributed by atoms with Crippen molar-refractivity contribution in [2.24, 2.45) is 17.8 Å². The maximum Gasteiger partial charge on any atom is 0.408 e. The lowest BCUT2D eigenvalue weighted by Gasteiger charge is -2.25. The molecular formula is C29H35N3O7. The van der Waals surface area contributed by atoms with E-state index in [0.29, 0.717) is 5.75 Å². The van der Waals surface area contributed by atoms with Crippen molar-refractivity contribution in [3.05, 3.63) is 49.2 Å². The molecule has 1 aromatic heterocycles. The van der Waals surface area contributed by atoms with E-state index < -0.39 is 59.0 Å². The van der Waals surface area contributed by atoms with Gasteiger partial charge in [0, 0.05) is 23.4 Å². The van der Waals surface area contributed by atoms with Crippen molar-refractivity contribution in [1.82, 2.24) is 15.6 Å². The Labute approximate surface area is 227 Å². The zero-order valence-corrected chi connectivity index (χ0v) is 22.6. The third-order valence-corrected chi connectivity index (χ3v) is 7.31. The number of alkyl carbamates (subject to hydrolysis) is 1. The van der Waals surface area contributed by atoms with Crippen LogP contribution in [0.4, 0.5) is 4.79 Å². The van der Waals surface area contributed by atoms with Crippen LogP contribution in [0.2, 0.25) is 0 Å². The molecule has 10 nitrogen and oxygen atoms in total. The van der Waals surface area contributed by atoms with E-state index >= 15 is 0 Å². The van der Waals surface area contributed by atoms with Crippen LogP contribution in [0.1, 0.15) is 47.0 Å². The largest absolute Gasteiger partial charge is 0.490 e. The molecule has 0 saturated heterocycles. The van der Waals surface area contributed by atoms with Crippen LogP contribution in [0.5, 0.6) is 5.75 Å². The summed E-state index contributed by atoms with van der Waals surface area (Å²) in [6.07, 6.45) is 2.57. The van der Waals surface area contributed by atoms with Crippen molar-refractivity contribution < 1.29 is 33.8 Å². The highest BCUT2D eigenvalue weighted by Gasteiger charge is 2.61. The van der Waals surface area contributed by atoms with Crippen molar-refractivity contribution in [3.63, 3.8) is 0 Å². The molecule has 0 radical (unpaired) electrons. The molecule has 2 aliphatic carbocycles. The minimum absolute atomic E-state index is 0.201. The van der Waals surface area contributed by atoms with Gasteiger partial charge in [-0.1, -0.05) is 18.2 Å². The highest BCUT2D eigenvalue weighted by molar-refractivity contribution is 5.96. The summed E-state index contributed by atoms with van der Waals surface area (Å²) in [6.45, 7) is 10.4. The number of benzene rings is 1. The normalized spacial score (nSPS) is 26.8. The van der Waals surface area contributed by atoms with Crippen molar-refractivity contribution >= 4 is 34.7 Å². The van der Waals surface area contributed by atoms with Gasteiger partial charge in [-0.3, -0.25) is 14.6 Å². The lowest BCUT2D eigenvalue weighted by Crippen LogP contribution is -2.50. The van der Waals surface area contributed by atoms with Crippen LogP contribution in [0, 0.1) is 17.8 Å². The average molecular weight is 538 g/mol. The molecule has 0 bridgehead atoms. The fourth-order valence-electron chi connectivity index (χ4n) is 5.25. The Kier molecular flexibility index (Phi) is 7.68. The monoisotopic (exact) mass is 537 g/mol. The van der Waals surface area contributed by atoms with Crippen molar-refractivity contribution in [2.75, 3.05) is 0 Å². The Bertz CT molecular complexity index is 1300. The van der Waals surface area contributed by atoms with Crippen LogP contribution < -0.4 is 15.4 Å². The molecule has 0 spiro atoms. The topological polar surface area (TPSA) is 144 Å². The predicted octanol–water partition coefficient (Wildman–Crippen LogP) is 3.64. The van der Waals surface area contributed by atoms with Gasteiger partial charge in [-0.05, 0) is 65.2 Å². The van der Waals surface area contributed by atoms with E-state index in [1.54, 1.807) is 40.0 Å². The second-order valence-electron chi connectivity index (χ2n) is 11.3. The Hall–Kier alpha value is -3.95. The highest BCUT2D eigenvalue weighted by Crippen LogP contribution is 2.46. The first-order valence-electron chi connectivity index (χ1n) is 13.1. The van der Waals surface area contributed by atoms with Crippen LogP contribution >= 0.6 is 0 Å². The van der Waals surface area contributed by atoms with E-state index in [0.717, 1.165) is 10.9 Å². The summed E-state index contributed by atoms with van der Waals surface area (Å²) in [5.74, 6) is -3.49. The average Bonchev–Trinajstić information content (AvgIpc) is 3.42. The lowest BCUT2D eigenvalue weighted by atomic mass is 9.88. The number of hydrogen-bond donors (Lipinski definition) is 3. The van der Waals surface area contributed by atoms with Gasteiger partial charge in [0.1, 0.15) is 23.0 Å². The SMILES string of the molecule is C=CC1CC1(NC(=O)C1CC(Oc2ccnc3ccccc23)CC1C(=O)C(C)NC(=O)OC(C)(C)C)C(=O)O. The summed E-state index contributed by atoms with van der Waals surface area (Å²) in [4.78, 5) is 55.7. The van der Waals surface area contributed by atoms with Gasteiger partial charge in [0.2, 0.25) is 5.91 Å². The van der Waals surface area contributed by atoms with Gasteiger partial charge >= 0.3 is 12.1 Å². The summed E-state index contributed by atoms with van der Waals surface area (Å²) in [5, 5.41) is 15.8. The quantitative estimate of drug-likeness (QED) is 0.411. The molecule has 1 aromatic carbocycles. The van der Waals surface area contributed by atoms with Crippen LogP contribution in [0.25, 0.3) is 10.9 Å². The number of fused-ring (bicyclic) bond motifs is 1. The molecule has 6 unspecified atom stereocenters. The molecule has 208 valence electrons. The van der Waals surface area contributed by atoms with Crippen LogP contribution in [-0.2, 0) is 19.1 Å². The number of pyridine rings is 1. The standard InChI is InChI=1S/C29H35N3O7/c1-6-17-15-29(17,26(35)36)32-25(34)21-14-18(38-23-11-12-30-22-10-8-7-9-19(22)23)13-20(21)24(33)16(2)31-27(37)39-28(3,4)5/h6-12,16-18,20-21H,1,13-15H2,2-5H3,(H,31,37)(H,32,34)(H,35,36). The number of hydrogen-bond acceptors (Lipinski definition) is 7. The Morgan fingerprint density at radius 2 is 1.85 bits per heavy atom. The van der Waals surface area contributed by atoms with Gasteiger partial charge in [-0.15, -0.1) is 6.58 Å². The fraction of sp³-hybridized carbons (Fsp3) is 0.483. The number of carbonyl (C=O) groups is 4. The van der Waals surface area contributed by atoms with Crippen LogP contribution in [-0.4, -0.2) is 57.1 Å². The number of ketones is 1. The van der Waals surface area contributed by atoms with E-state index in [2.05, 4.69) is 22.2 Å². The molecule has 10 heteroatoms. The van der Waals surface area contributed by atoms with Crippen molar-refractivity contribution in [3.8, 4) is 5.75 Å². The second kappa shape index (κ2) is 10.7. The zero-order chi connectivity index (χ0) is 28.5. The second-order valence-corrected chi connectivity index (χ2v) is 11.3. The molecular weight excluding hydrogens is 502 g/mol. The zero-order valence-electron chi connectivity index (χ0n) is 22.6. The third-order valence-electron chi connectivity index (χ3n) is 7.31. The number of ether oxygens (including phenoxy) is 2. The van der Waals surface area contributed by atoms with E-state index in [1.807, 2.05) is 24.3 Å². The first kappa shape index (κ1) is 28.1. The van der Waals surface area contributed by atoms with Crippen LogP contribution in [0.15, 0.2) is 49.2 Å². The molecule has 2 fully saturated rings. The number of carboxylic acid groups (broad SMARTS) is 1. The lowest BCUT2D eigenvalue weighted by molar-refractivity contribution is -0.144. The summed E-state index contributed by atoms with van der Waals surface area (Å²) >= 11 is 0. The fourth-order valence-corrected chi connectivity index (χ4v) is 5.25. The van der Waals surface area contributed by atoms with Crippen LogP contribution in [0.3, 0.4) is 0 Å². The molecule has 6 atom stereocenters. The van der Waals surface area contributed by atoms with Gasteiger partial charge in [-0.2, -0.15) is 0 Å². The summed E-state index contributed by atoms with van der Waals surface area (Å²) in [6, 6.07) is 8.28. The first-order chi connectivity index (χ1) is 18.3. The number of nitrogens with one attached hydrogen (secondary N) is 2. The van der Waals surface area contributed by atoms with Crippen molar-refractivity contribution in [2.45, 2.75) is 70.2 Å². The molecule has 2 saturated carbocycles. The molecule has 1 heterocycles. The number of amides is 2. The van der Waals surface area contributed by atoms with E-state index in [-0.39, 0.29) is 25.0 Å². The first-order valence-corrected chi connectivity index (χ1v) is 13.1. The summed E-state index contributed by atoms with van der Waals surface area (Å²) < 4.78 is 11.6. The maximum absolute atomic E-state index is 13.6. The number of carbonyl (C=O) groups excluding carboxylic acids is 3. The molecule has 3 N–H and O–H groups in total. The Morgan fingerprint density at radius 1 is 1.15 bits per heavy atom. The highest BCUT2D eigenvalue weighted by atomic mass is 16.6. The minimum atomic E-state index is -1.42. The molecule has 2 aliphatic rings. The number of aromatic nitrogens is 1. The molecule has 39 heavy (non-hydrogen) atoms. The molecule has 0 aliphatic heterocycles. The third kappa shape index (κ3) is 6.05. The molecule has 2 aromatic rings. The number of nitrogens with zero attached hydrogens (tertiary/aromatic N) is 1. The van der Waals surface area contributed by atoms with Gasteiger partial charge in [-0.25, -0.2) is 9.59 Å². The van der Waals surface area contributed by atoms with E-state index in [9.17, 15) is 24.3 Å². The summed E-state index contributed by atoms with van der Waals surface area (Å²) in [5.41, 5.74) is -1.42. The number of Topliss-reactive ketones (excluding diaryl/α,β-unsaturated/α-hetero) is 1. The molecule has 2 amide bonds. The maximum atomic E-state index is 13.6. The number of rotatable bonds is 9.